The van der Waals surface area contributed by atoms with Crippen molar-refractivity contribution in [3.8, 4) is 5.75 Å². The van der Waals surface area contributed by atoms with Gasteiger partial charge in [0.1, 0.15) is 5.75 Å². The first-order valence-corrected chi connectivity index (χ1v) is 6.65. The summed E-state index contributed by atoms with van der Waals surface area (Å²) in [5, 5.41) is 3.61. The van der Waals surface area contributed by atoms with Gasteiger partial charge in [-0.25, -0.2) is 0 Å². The third kappa shape index (κ3) is 3.58. The van der Waals surface area contributed by atoms with Gasteiger partial charge in [-0.15, -0.1) is 0 Å². The number of nitrogens with one attached hydrogen (secondary N) is 1. The maximum Gasteiger partial charge on any atom is 0.118 e. The van der Waals surface area contributed by atoms with E-state index in [1.54, 1.807) is 7.11 Å². The molecule has 0 spiro atoms. The quantitative estimate of drug-likeness (QED) is 0.868. The molecule has 2 atom stereocenters. The molecule has 0 aliphatic rings. The first kappa shape index (κ1) is 13.6. The maximum absolute atomic E-state index is 5.18. The Morgan fingerprint density at radius 3 is 1.84 bits per heavy atom. The topological polar surface area (TPSA) is 21.3 Å². The van der Waals surface area contributed by atoms with Crippen LogP contribution in [0.2, 0.25) is 0 Å². The minimum absolute atomic E-state index is 0.307. The van der Waals surface area contributed by atoms with Crippen LogP contribution in [0, 0.1) is 0 Å². The van der Waals surface area contributed by atoms with Crippen LogP contribution in [0.1, 0.15) is 37.1 Å². The number of hydrogen-bond acceptors (Lipinski definition) is 2. The Balaban J connectivity index is 2.02. The number of benzene rings is 2. The molecule has 2 heteroatoms. The summed E-state index contributed by atoms with van der Waals surface area (Å²) in [6, 6.07) is 19.3. The van der Waals surface area contributed by atoms with Gasteiger partial charge < -0.3 is 10.1 Å². The average Bonchev–Trinajstić information content (AvgIpc) is 2.48. The number of hydrogen-bond donors (Lipinski definition) is 1. The minimum atomic E-state index is 0.307. The molecule has 0 saturated heterocycles. The van der Waals surface area contributed by atoms with E-state index >= 15 is 0 Å². The van der Waals surface area contributed by atoms with Crippen LogP contribution < -0.4 is 10.1 Å². The lowest BCUT2D eigenvalue weighted by molar-refractivity contribution is 0.414. The molecule has 0 saturated carbocycles. The van der Waals surface area contributed by atoms with Crippen molar-refractivity contribution in [2.45, 2.75) is 25.9 Å². The highest BCUT2D eigenvalue weighted by Gasteiger charge is 2.10. The SMILES string of the molecule is COc1ccc(C(C)N[C@@H](C)c2ccccc2)cc1. The van der Waals surface area contributed by atoms with Crippen LogP contribution in [0.5, 0.6) is 5.75 Å². The van der Waals surface area contributed by atoms with Crippen molar-refractivity contribution in [2.24, 2.45) is 0 Å². The molecule has 2 nitrogen and oxygen atoms in total. The molecule has 100 valence electrons. The van der Waals surface area contributed by atoms with E-state index in [1.807, 2.05) is 18.2 Å². The van der Waals surface area contributed by atoms with E-state index in [2.05, 4.69) is 55.6 Å². The van der Waals surface area contributed by atoms with Crippen LogP contribution in [0.4, 0.5) is 0 Å². The summed E-state index contributed by atoms with van der Waals surface area (Å²) in [5.74, 6) is 0.895. The van der Waals surface area contributed by atoms with Crippen molar-refractivity contribution in [2.75, 3.05) is 7.11 Å². The second kappa shape index (κ2) is 6.39. The minimum Gasteiger partial charge on any atom is -0.497 e. The Bertz CT molecular complexity index is 492. The molecule has 0 heterocycles. The second-order valence-corrected chi connectivity index (χ2v) is 4.79. The molecule has 2 aromatic rings. The number of methoxy groups -OCH3 is 1. The molecule has 19 heavy (non-hydrogen) atoms. The monoisotopic (exact) mass is 255 g/mol. The molecular weight excluding hydrogens is 234 g/mol. The number of rotatable bonds is 5. The van der Waals surface area contributed by atoms with Gasteiger partial charge in [-0.1, -0.05) is 42.5 Å². The summed E-state index contributed by atoms with van der Waals surface area (Å²) in [6.07, 6.45) is 0. The van der Waals surface area contributed by atoms with E-state index in [0.717, 1.165) is 5.75 Å². The Hall–Kier alpha value is -1.80. The fourth-order valence-corrected chi connectivity index (χ4v) is 2.20. The summed E-state index contributed by atoms with van der Waals surface area (Å²) in [5.41, 5.74) is 2.58. The first-order valence-electron chi connectivity index (χ1n) is 6.65. The van der Waals surface area contributed by atoms with E-state index in [9.17, 15) is 0 Å². The molecule has 2 rings (SSSR count). The Labute approximate surface area is 115 Å². The maximum atomic E-state index is 5.18. The summed E-state index contributed by atoms with van der Waals surface area (Å²) in [6.45, 7) is 4.37. The van der Waals surface area contributed by atoms with Crippen molar-refractivity contribution >= 4 is 0 Å². The van der Waals surface area contributed by atoms with Crippen molar-refractivity contribution < 1.29 is 4.74 Å². The van der Waals surface area contributed by atoms with Crippen LogP contribution in [-0.2, 0) is 0 Å². The van der Waals surface area contributed by atoms with Gasteiger partial charge in [0.2, 0.25) is 0 Å². The van der Waals surface area contributed by atoms with Gasteiger partial charge in [0, 0.05) is 12.1 Å². The van der Waals surface area contributed by atoms with E-state index < -0.39 is 0 Å². The van der Waals surface area contributed by atoms with Gasteiger partial charge in [0.25, 0.3) is 0 Å². The van der Waals surface area contributed by atoms with E-state index in [0.29, 0.717) is 12.1 Å². The van der Waals surface area contributed by atoms with E-state index in [4.69, 9.17) is 4.74 Å². The van der Waals surface area contributed by atoms with Crippen LogP contribution in [0.15, 0.2) is 54.6 Å². The lowest BCUT2D eigenvalue weighted by Gasteiger charge is -2.21. The molecule has 2 aromatic carbocycles. The number of ether oxygens (including phenoxy) is 1. The molecule has 1 N–H and O–H groups in total. The summed E-state index contributed by atoms with van der Waals surface area (Å²) in [4.78, 5) is 0. The molecule has 1 unspecified atom stereocenters. The molecular formula is C17H21NO. The highest BCUT2D eigenvalue weighted by Crippen LogP contribution is 2.21. The van der Waals surface area contributed by atoms with Gasteiger partial charge in [-0.05, 0) is 37.1 Å². The van der Waals surface area contributed by atoms with Crippen LogP contribution in [0.3, 0.4) is 0 Å². The molecule has 0 aromatic heterocycles. The average molecular weight is 255 g/mol. The fourth-order valence-electron chi connectivity index (χ4n) is 2.20. The molecule has 0 bridgehead atoms. The third-order valence-electron chi connectivity index (χ3n) is 3.42. The molecule has 0 fully saturated rings. The summed E-state index contributed by atoms with van der Waals surface area (Å²) in [7, 11) is 1.69. The smallest absolute Gasteiger partial charge is 0.118 e. The van der Waals surface area contributed by atoms with E-state index in [1.165, 1.54) is 11.1 Å². The standard InChI is InChI=1S/C17H21NO/c1-13(15-7-5-4-6-8-15)18-14(2)16-9-11-17(19-3)12-10-16/h4-14,18H,1-3H3/t13-,14?/m0/s1. The van der Waals surface area contributed by atoms with Crippen molar-refractivity contribution in [1.82, 2.24) is 5.32 Å². The van der Waals surface area contributed by atoms with Crippen LogP contribution in [-0.4, -0.2) is 7.11 Å². The van der Waals surface area contributed by atoms with Crippen LogP contribution >= 0.6 is 0 Å². The predicted octanol–water partition coefficient (Wildman–Crippen LogP) is 4.11. The largest absolute Gasteiger partial charge is 0.497 e. The zero-order valence-corrected chi connectivity index (χ0v) is 11.8. The summed E-state index contributed by atoms with van der Waals surface area (Å²) < 4.78 is 5.18. The molecule has 0 radical (unpaired) electrons. The van der Waals surface area contributed by atoms with Crippen molar-refractivity contribution in [3.05, 3.63) is 65.7 Å². The zero-order valence-electron chi connectivity index (χ0n) is 11.8. The zero-order chi connectivity index (χ0) is 13.7. The molecule has 0 aliphatic heterocycles. The predicted molar refractivity (Wildman–Crippen MR) is 79.4 cm³/mol. The first-order chi connectivity index (χ1) is 9.20. The highest BCUT2D eigenvalue weighted by molar-refractivity contribution is 5.29. The van der Waals surface area contributed by atoms with Gasteiger partial charge in [0.05, 0.1) is 7.11 Å². The van der Waals surface area contributed by atoms with Gasteiger partial charge in [-0.3, -0.25) is 0 Å². The lowest BCUT2D eigenvalue weighted by Crippen LogP contribution is -2.22. The normalized spacial score (nSPS) is 13.8. The Morgan fingerprint density at radius 1 is 0.789 bits per heavy atom. The van der Waals surface area contributed by atoms with Crippen molar-refractivity contribution in [3.63, 3.8) is 0 Å². The summed E-state index contributed by atoms with van der Waals surface area (Å²) >= 11 is 0. The lowest BCUT2D eigenvalue weighted by atomic mass is 10.0. The second-order valence-electron chi connectivity index (χ2n) is 4.79. The van der Waals surface area contributed by atoms with Gasteiger partial charge >= 0.3 is 0 Å². The van der Waals surface area contributed by atoms with Crippen LogP contribution in [0.25, 0.3) is 0 Å². The third-order valence-corrected chi connectivity index (χ3v) is 3.42. The molecule has 0 aliphatic carbocycles. The fraction of sp³-hybridized carbons (Fsp3) is 0.294. The van der Waals surface area contributed by atoms with Gasteiger partial charge in [-0.2, -0.15) is 0 Å². The highest BCUT2D eigenvalue weighted by atomic mass is 16.5. The Kier molecular flexibility index (Phi) is 4.58. The van der Waals surface area contributed by atoms with Gasteiger partial charge in [0.15, 0.2) is 0 Å². The van der Waals surface area contributed by atoms with Crippen molar-refractivity contribution in [1.29, 1.82) is 0 Å². The Morgan fingerprint density at radius 2 is 1.32 bits per heavy atom. The molecule has 0 amide bonds. The van der Waals surface area contributed by atoms with E-state index in [-0.39, 0.29) is 0 Å².